The maximum Gasteiger partial charge on any atom is 0.417 e. The first-order valence-corrected chi connectivity index (χ1v) is 9.76. The second-order valence-electron chi connectivity index (χ2n) is 7.86. The largest absolute Gasteiger partial charge is 0.493 e. The van der Waals surface area contributed by atoms with Crippen LogP contribution in [0.25, 0.3) is 0 Å². The molecule has 2 amide bonds. The standard InChI is InChI=1S/C21H19F6N3O4/c1-8-14(10-4-5-11(22)15(24)16(10)33-3)17(34-20(8,2)21(25,26)27)19(32)29-9-6-12(18(28)31)30-13(23)7-9/h4-8,14,17H,1-3H3,(H2,28,31)(H,29,30,32)/t8-,14+,17-,20+/m0/s1. The summed E-state index contributed by atoms with van der Waals surface area (Å²) in [6, 6.07) is 3.31. The van der Waals surface area contributed by atoms with E-state index < -0.39 is 70.6 Å². The van der Waals surface area contributed by atoms with E-state index in [1.165, 1.54) is 0 Å². The normalized spacial score (nSPS) is 24.7. The van der Waals surface area contributed by atoms with Crippen LogP contribution in [0.2, 0.25) is 0 Å². The average Bonchev–Trinajstić information content (AvgIpc) is 3.01. The van der Waals surface area contributed by atoms with E-state index in [9.17, 15) is 35.9 Å². The van der Waals surface area contributed by atoms with Crippen LogP contribution in [0.3, 0.4) is 0 Å². The number of primary amides is 1. The summed E-state index contributed by atoms with van der Waals surface area (Å²) >= 11 is 0. The van der Waals surface area contributed by atoms with Crippen LogP contribution in [0, 0.1) is 23.5 Å². The second kappa shape index (κ2) is 8.78. The fraction of sp³-hybridized carbons (Fsp3) is 0.381. The zero-order valence-electron chi connectivity index (χ0n) is 18.0. The average molecular weight is 491 g/mol. The number of amides is 2. The number of alkyl halides is 3. The van der Waals surface area contributed by atoms with Gasteiger partial charge in [0.25, 0.3) is 11.8 Å². The molecular weight excluding hydrogens is 472 g/mol. The third-order valence-corrected chi connectivity index (χ3v) is 5.88. The van der Waals surface area contributed by atoms with Gasteiger partial charge in [0.15, 0.2) is 17.2 Å². The summed E-state index contributed by atoms with van der Waals surface area (Å²) in [5.41, 5.74) is 1.07. The molecule has 184 valence electrons. The third kappa shape index (κ3) is 4.27. The van der Waals surface area contributed by atoms with Crippen molar-refractivity contribution >= 4 is 17.5 Å². The Morgan fingerprint density at radius 2 is 1.85 bits per heavy atom. The van der Waals surface area contributed by atoms with Gasteiger partial charge in [-0.15, -0.1) is 0 Å². The van der Waals surface area contributed by atoms with Gasteiger partial charge in [0, 0.05) is 29.2 Å². The molecule has 0 spiro atoms. The van der Waals surface area contributed by atoms with Crippen molar-refractivity contribution in [1.29, 1.82) is 0 Å². The predicted octanol–water partition coefficient (Wildman–Crippen LogP) is 3.68. The molecule has 1 aromatic carbocycles. The molecular formula is C21H19F6N3O4. The number of halogens is 6. The molecule has 0 saturated carbocycles. The van der Waals surface area contributed by atoms with Crippen LogP contribution in [0.4, 0.5) is 32.0 Å². The van der Waals surface area contributed by atoms with E-state index >= 15 is 0 Å². The molecule has 7 nitrogen and oxygen atoms in total. The van der Waals surface area contributed by atoms with E-state index in [2.05, 4.69) is 10.3 Å². The van der Waals surface area contributed by atoms with E-state index in [1.54, 1.807) is 0 Å². The topological polar surface area (TPSA) is 104 Å². The number of ether oxygens (including phenoxy) is 2. The van der Waals surface area contributed by atoms with Crippen molar-refractivity contribution in [2.75, 3.05) is 12.4 Å². The Kier molecular flexibility index (Phi) is 6.53. The molecule has 1 saturated heterocycles. The molecule has 3 rings (SSSR count). The highest BCUT2D eigenvalue weighted by atomic mass is 19.4. The summed E-state index contributed by atoms with van der Waals surface area (Å²) in [5.74, 6) is -9.85. The summed E-state index contributed by atoms with van der Waals surface area (Å²) in [6.07, 6.45) is -6.85. The van der Waals surface area contributed by atoms with E-state index in [1.807, 2.05) is 0 Å². The Balaban J connectivity index is 2.09. The molecule has 0 radical (unpaired) electrons. The Morgan fingerprint density at radius 3 is 2.41 bits per heavy atom. The maximum atomic E-state index is 14.4. The second-order valence-corrected chi connectivity index (χ2v) is 7.86. The van der Waals surface area contributed by atoms with Gasteiger partial charge >= 0.3 is 6.18 Å². The molecule has 0 bridgehead atoms. The van der Waals surface area contributed by atoms with Crippen molar-refractivity contribution in [1.82, 2.24) is 4.98 Å². The minimum Gasteiger partial charge on any atom is -0.493 e. The molecule has 13 heteroatoms. The third-order valence-electron chi connectivity index (χ3n) is 5.88. The number of hydrogen-bond acceptors (Lipinski definition) is 5. The maximum absolute atomic E-state index is 14.4. The fourth-order valence-electron chi connectivity index (χ4n) is 3.95. The lowest BCUT2D eigenvalue weighted by Crippen LogP contribution is -2.47. The number of anilines is 1. The first-order chi connectivity index (χ1) is 15.7. The molecule has 2 heterocycles. The summed E-state index contributed by atoms with van der Waals surface area (Å²) < 4.78 is 93.7. The molecule has 0 unspecified atom stereocenters. The minimum absolute atomic E-state index is 0.235. The highest BCUT2D eigenvalue weighted by Crippen LogP contribution is 2.55. The van der Waals surface area contributed by atoms with Crippen LogP contribution in [0.1, 0.15) is 35.8 Å². The molecule has 4 atom stereocenters. The predicted molar refractivity (Wildman–Crippen MR) is 105 cm³/mol. The summed E-state index contributed by atoms with van der Waals surface area (Å²) in [6.45, 7) is 1.87. The number of nitrogens with zero attached hydrogens (tertiary/aromatic N) is 1. The van der Waals surface area contributed by atoms with Gasteiger partial charge in [-0.1, -0.05) is 13.0 Å². The SMILES string of the molecule is COc1c([C@@H]2[C@@H](C(=O)Nc3cc(F)nc(C(N)=O)c3)O[C@@](C)(C(F)(F)F)[C@H]2C)ccc(F)c1F. The van der Waals surface area contributed by atoms with Crippen molar-refractivity contribution in [3.63, 3.8) is 0 Å². The number of nitrogens with one attached hydrogen (secondary N) is 1. The van der Waals surface area contributed by atoms with Crippen LogP contribution < -0.4 is 15.8 Å². The molecule has 2 aromatic rings. The zero-order valence-corrected chi connectivity index (χ0v) is 18.0. The number of pyridine rings is 1. The highest BCUT2D eigenvalue weighted by Gasteiger charge is 2.65. The molecule has 1 aliphatic rings. The minimum atomic E-state index is -4.95. The van der Waals surface area contributed by atoms with Crippen molar-refractivity contribution in [2.24, 2.45) is 11.7 Å². The van der Waals surface area contributed by atoms with Gasteiger partial charge in [0.2, 0.25) is 11.8 Å². The Hall–Kier alpha value is -3.35. The van der Waals surface area contributed by atoms with E-state index in [-0.39, 0.29) is 11.3 Å². The lowest BCUT2D eigenvalue weighted by atomic mass is 9.77. The Morgan fingerprint density at radius 1 is 1.21 bits per heavy atom. The van der Waals surface area contributed by atoms with E-state index in [0.29, 0.717) is 12.1 Å². The molecule has 1 aromatic heterocycles. The lowest BCUT2D eigenvalue weighted by Gasteiger charge is -2.32. The molecule has 0 aliphatic carbocycles. The highest BCUT2D eigenvalue weighted by molar-refractivity contribution is 5.97. The molecule has 1 fully saturated rings. The summed E-state index contributed by atoms with van der Waals surface area (Å²) in [7, 11) is 0.991. The van der Waals surface area contributed by atoms with Crippen LogP contribution in [0.5, 0.6) is 5.75 Å². The number of rotatable bonds is 5. The van der Waals surface area contributed by atoms with Crippen molar-refractivity contribution in [3.8, 4) is 5.75 Å². The zero-order chi connectivity index (χ0) is 25.6. The van der Waals surface area contributed by atoms with Gasteiger partial charge in [-0.3, -0.25) is 9.59 Å². The number of carbonyl (C=O) groups excluding carboxylic acids is 2. The fourth-order valence-corrected chi connectivity index (χ4v) is 3.95. The van der Waals surface area contributed by atoms with E-state index in [0.717, 1.165) is 33.1 Å². The van der Waals surface area contributed by atoms with Gasteiger partial charge in [0.05, 0.1) is 7.11 Å². The molecule has 3 N–H and O–H groups in total. The summed E-state index contributed by atoms with van der Waals surface area (Å²) in [4.78, 5) is 27.6. The number of aromatic nitrogens is 1. The lowest BCUT2D eigenvalue weighted by molar-refractivity contribution is -0.272. The molecule has 34 heavy (non-hydrogen) atoms. The monoisotopic (exact) mass is 491 g/mol. The van der Waals surface area contributed by atoms with Crippen LogP contribution in [0.15, 0.2) is 24.3 Å². The van der Waals surface area contributed by atoms with Crippen LogP contribution >= 0.6 is 0 Å². The smallest absolute Gasteiger partial charge is 0.417 e. The first-order valence-electron chi connectivity index (χ1n) is 9.76. The van der Waals surface area contributed by atoms with Crippen LogP contribution in [-0.4, -0.2) is 41.8 Å². The van der Waals surface area contributed by atoms with Gasteiger partial charge < -0.3 is 20.5 Å². The Labute approximate surface area is 189 Å². The van der Waals surface area contributed by atoms with Crippen molar-refractivity contribution in [2.45, 2.75) is 37.6 Å². The van der Waals surface area contributed by atoms with E-state index in [4.69, 9.17) is 15.2 Å². The van der Waals surface area contributed by atoms with Gasteiger partial charge in [-0.2, -0.15) is 22.0 Å². The van der Waals surface area contributed by atoms with Gasteiger partial charge in [-0.25, -0.2) is 9.37 Å². The number of carbonyl (C=O) groups is 2. The number of nitrogens with two attached hydrogens (primary N) is 1. The number of methoxy groups -OCH3 is 1. The number of hydrogen-bond donors (Lipinski definition) is 2. The summed E-state index contributed by atoms with van der Waals surface area (Å²) in [5, 5.41) is 2.17. The quantitative estimate of drug-likeness (QED) is 0.491. The van der Waals surface area contributed by atoms with Crippen molar-refractivity contribution < 1.29 is 45.4 Å². The molecule has 1 aliphatic heterocycles. The first kappa shape index (κ1) is 25.3. The van der Waals surface area contributed by atoms with Crippen molar-refractivity contribution in [3.05, 3.63) is 53.1 Å². The van der Waals surface area contributed by atoms with Crippen LogP contribution in [-0.2, 0) is 9.53 Å². The number of benzene rings is 1. The Bertz CT molecular complexity index is 1140. The van der Waals surface area contributed by atoms with Gasteiger partial charge in [0.1, 0.15) is 11.8 Å². The van der Waals surface area contributed by atoms with Gasteiger partial charge in [-0.05, 0) is 19.1 Å².